The molecule has 9 nitrogen and oxygen atoms in total. The number of hydrogen-bond acceptors (Lipinski definition) is 6. The molecular formula is C20H18Cl2N4O5. The number of esters is 1. The molecule has 0 aliphatic rings. The highest BCUT2D eigenvalue weighted by Crippen LogP contribution is 2.24. The van der Waals surface area contributed by atoms with Crippen LogP contribution >= 0.6 is 23.2 Å². The van der Waals surface area contributed by atoms with Gasteiger partial charge in [0.2, 0.25) is 0 Å². The maximum atomic E-state index is 12.4. The number of ether oxygens (including phenoxy) is 1. The molecule has 0 spiro atoms. The molecule has 0 atom stereocenters. The molecule has 3 aromatic rings. The third kappa shape index (κ3) is 5.87. The molecule has 0 aliphatic heterocycles. The van der Waals surface area contributed by atoms with E-state index in [4.69, 9.17) is 32.4 Å². The number of urea groups is 1. The van der Waals surface area contributed by atoms with Crippen molar-refractivity contribution in [2.75, 3.05) is 6.61 Å². The van der Waals surface area contributed by atoms with Gasteiger partial charge < -0.3 is 14.5 Å². The monoisotopic (exact) mass is 464 g/mol. The summed E-state index contributed by atoms with van der Waals surface area (Å²) in [7, 11) is 0. The van der Waals surface area contributed by atoms with E-state index >= 15 is 0 Å². The van der Waals surface area contributed by atoms with Crippen molar-refractivity contribution in [3.63, 3.8) is 0 Å². The van der Waals surface area contributed by atoms with Crippen LogP contribution in [-0.4, -0.2) is 34.3 Å². The zero-order valence-corrected chi connectivity index (χ0v) is 17.9. The quantitative estimate of drug-likeness (QED) is 0.518. The molecule has 3 amide bonds. The van der Waals surface area contributed by atoms with E-state index in [1.54, 1.807) is 31.2 Å². The largest absolute Gasteiger partial charge is 0.467 e. The fourth-order valence-electron chi connectivity index (χ4n) is 2.67. The number of hydrogen-bond donors (Lipinski definition) is 2. The SMILES string of the molecule is Cc1nn(Cc2ccccc2Cl)c(Cl)c1C(=O)OCC(=O)NC(=O)NCc1ccco1. The van der Waals surface area contributed by atoms with Crippen molar-refractivity contribution in [3.05, 3.63) is 75.4 Å². The van der Waals surface area contributed by atoms with Crippen molar-refractivity contribution in [2.45, 2.75) is 20.0 Å². The Bertz CT molecular complexity index is 1100. The molecule has 0 fully saturated rings. The molecule has 0 saturated carbocycles. The lowest BCUT2D eigenvalue weighted by Gasteiger charge is -2.07. The number of carbonyl (C=O) groups excluding carboxylic acids is 3. The van der Waals surface area contributed by atoms with Crippen LogP contribution in [0.5, 0.6) is 0 Å². The van der Waals surface area contributed by atoms with Gasteiger partial charge in [0.25, 0.3) is 5.91 Å². The van der Waals surface area contributed by atoms with Crippen LogP contribution in [0.4, 0.5) is 4.79 Å². The normalized spacial score (nSPS) is 10.5. The molecule has 3 rings (SSSR count). The second kappa shape index (κ2) is 10.1. The number of carbonyl (C=O) groups is 3. The van der Waals surface area contributed by atoms with Gasteiger partial charge in [0.1, 0.15) is 16.5 Å². The molecule has 11 heteroatoms. The first-order chi connectivity index (χ1) is 14.8. The fraction of sp³-hybridized carbons (Fsp3) is 0.200. The Morgan fingerprint density at radius 3 is 2.65 bits per heavy atom. The van der Waals surface area contributed by atoms with Gasteiger partial charge in [-0.05, 0) is 30.7 Å². The Kier molecular flexibility index (Phi) is 7.32. The number of halogens is 2. The second-order valence-corrected chi connectivity index (χ2v) is 7.15. The van der Waals surface area contributed by atoms with Crippen molar-refractivity contribution >= 4 is 41.1 Å². The van der Waals surface area contributed by atoms with Crippen molar-refractivity contribution in [1.82, 2.24) is 20.4 Å². The summed E-state index contributed by atoms with van der Waals surface area (Å²) in [5, 5.41) is 9.32. The van der Waals surface area contributed by atoms with E-state index in [1.165, 1.54) is 10.9 Å². The lowest BCUT2D eigenvalue weighted by atomic mass is 10.2. The van der Waals surface area contributed by atoms with Gasteiger partial charge in [-0.2, -0.15) is 5.10 Å². The van der Waals surface area contributed by atoms with Crippen molar-refractivity contribution in [1.29, 1.82) is 0 Å². The molecule has 0 aliphatic carbocycles. The minimum atomic E-state index is -0.834. The topological polar surface area (TPSA) is 115 Å². The molecule has 2 heterocycles. The third-order valence-electron chi connectivity index (χ3n) is 4.14. The highest BCUT2D eigenvalue weighted by atomic mass is 35.5. The number of imide groups is 1. The van der Waals surface area contributed by atoms with Crippen molar-refractivity contribution in [3.8, 4) is 0 Å². The number of nitrogens with zero attached hydrogens (tertiary/aromatic N) is 2. The first-order valence-electron chi connectivity index (χ1n) is 9.08. The minimum absolute atomic E-state index is 0.0313. The molecule has 0 unspecified atom stereocenters. The number of amides is 3. The molecule has 2 aromatic heterocycles. The van der Waals surface area contributed by atoms with Crippen molar-refractivity contribution in [2.24, 2.45) is 0 Å². The van der Waals surface area contributed by atoms with Gasteiger partial charge in [-0.25, -0.2) is 14.3 Å². The predicted molar refractivity (Wildman–Crippen MR) is 112 cm³/mol. The second-order valence-electron chi connectivity index (χ2n) is 6.39. The molecule has 0 bridgehead atoms. The van der Waals surface area contributed by atoms with E-state index in [-0.39, 0.29) is 23.8 Å². The van der Waals surface area contributed by atoms with Gasteiger partial charge in [-0.1, -0.05) is 41.4 Å². The summed E-state index contributed by atoms with van der Waals surface area (Å²) in [6.45, 7) is 1.28. The predicted octanol–water partition coefficient (Wildman–Crippen LogP) is 3.32. The molecule has 162 valence electrons. The maximum absolute atomic E-state index is 12.4. The molecule has 0 saturated heterocycles. The Hall–Kier alpha value is -3.30. The standard InChI is InChI=1S/C20H18Cl2N4O5/c1-12-17(18(22)26(25-12)10-13-5-2-3-7-15(13)21)19(28)31-11-16(27)24-20(29)23-9-14-6-4-8-30-14/h2-8H,9-11H2,1H3,(H2,23,24,27,29). The van der Waals surface area contributed by atoms with E-state index in [2.05, 4.69) is 10.4 Å². The number of nitrogens with one attached hydrogen (secondary N) is 2. The average molecular weight is 465 g/mol. The lowest BCUT2D eigenvalue weighted by molar-refractivity contribution is -0.123. The summed E-state index contributed by atoms with van der Waals surface area (Å²) in [5.74, 6) is -1.12. The zero-order valence-electron chi connectivity index (χ0n) is 16.4. The maximum Gasteiger partial charge on any atom is 0.343 e. The Morgan fingerprint density at radius 1 is 1.16 bits per heavy atom. The first kappa shape index (κ1) is 22.4. The summed E-state index contributed by atoms with van der Waals surface area (Å²) in [4.78, 5) is 36.0. The van der Waals surface area contributed by atoms with Crippen LogP contribution in [0.2, 0.25) is 10.2 Å². The number of benzene rings is 1. The van der Waals surface area contributed by atoms with Crippen LogP contribution in [0.1, 0.15) is 27.4 Å². The van der Waals surface area contributed by atoms with Gasteiger partial charge in [-0.3, -0.25) is 10.1 Å². The summed E-state index contributed by atoms with van der Waals surface area (Å²) >= 11 is 12.5. The third-order valence-corrected chi connectivity index (χ3v) is 4.89. The molecule has 2 N–H and O–H groups in total. The van der Waals surface area contributed by atoms with Gasteiger partial charge in [0, 0.05) is 5.02 Å². The lowest BCUT2D eigenvalue weighted by Crippen LogP contribution is -2.41. The summed E-state index contributed by atoms with van der Waals surface area (Å²) in [6, 6.07) is 9.76. The van der Waals surface area contributed by atoms with Crippen LogP contribution in [-0.2, 0) is 22.6 Å². The number of rotatable bonds is 7. The molecule has 31 heavy (non-hydrogen) atoms. The van der Waals surface area contributed by atoms with E-state index in [1.807, 2.05) is 17.4 Å². The molecular weight excluding hydrogens is 447 g/mol. The smallest absolute Gasteiger partial charge is 0.343 e. The molecule has 1 aromatic carbocycles. The van der Waals surface area contributed by atoms with Crippen LogP contribution in [0.15, 0.2) is 47.1 Å². The van der Waals surface area contributed by atoms with Crippen LogP contribution in [0.25, 0.3) is 0 Å². The fourth-order valence-corrected chi connectivity index (χ4v) is 3.18. The zero-order chi connectivity index (χ0) is 22.4. The van der Waals surface area contributed by atoms with E-state index in [0.29, 0.717) is 16.5 Å². The summed E-state index contributed by atoms with van der Waals surface area (Å²) < 4.78 is 11.5. The van der Waals surface area contributed by atoms with Crippen molar-refractivity contribution < 1.29 is 23.5 Å². The van der Waals surface area contributed by atoms with Crippen LogP contribution in [0, 0.1) is 6.92 Å². The number of aryl methyl sites for hydroxylation is 1. The Balaban J connectivity index is 1.54. The van der Waals surface area contributed by atoms with Crippen LogP contribution in [0.3, 0.4) is 0 Å². The van der Waals surface area contributed by atoms with E-state index in [0.717, 1.165) is 5.56 Å². The number of furan rings is 1. The Morgan fingerprint density at radius 2 is 1.94 bits per heavy atom. The van der Waals surface area contributed by atoms with Gasteiger partial charge in [0.05, 0.1) is 25.0 Å². The highest BCUT2D eigenvalue weighted by molar-refractivity contribution is 6.33. The number of aromatic nitrogens is 2. The van der Waals surface area contributed by atoms with Crippen LogP contribution < -0.4 is 10.6 Å². The molecule has 0 radical (unpaired) electrons. The summed E-state index contributed by atoms with van der Waals surface area (Å²) in [6.07, 6.45) is 1.46. The highest BCUT2D eigenvalue weighted by Gasteiger charge is 2.23. The van der Waals surface area contributed by atoms with E-state index < -0.39 is 24.5 Å². The first-order valence-corrected chi connectivity index (χ1v) is 9.84. The average Bonchev–Trinajstić information content (AvgIpc) is 3.34. The van der Waals surface area contributed by atoms with Gasteiger partial charge >= 0.3 is 12.0 Å². The van der Waals surface area contributed by atoms with Gasteiger partial charge in [-0.15, -0.1) is 0 Å². The minimum Gasteiger partial charge on any atom is -0.467 e. The van der Waals surface area contributed by atoms with E-state index in [9.17, 15) is 14.4 Å². The Labute approximate surface area is 187 Å². The van der Waals surface area contributed by atoms with Gasteiger partial charge in [0.15, 0.2) is 6.61 Å². The summed E-state index contributed by atoms with van der Waals surface area (Å²) in [5.41, 5.74) is 1.14.